The lowest BCUT2D eigenvalue weighted by Gasteiger charge is -2.32. The zero-order valence-corrected chi connectivity index (χ0v) is 17.3. The van der Waals surface area contributed by atoms with Crippen LogP contribution in [-0.4, -0.2) is 39.3 Å². The van der Waals surface area contributed by atoms with Crippen molar-refractivity contribution in [3.63, 3.8) is 0 Å². The van der Waals surface area contributed by atoms with E-state index in [0.717, 1.165) is 5.46 Å². The second kappa shape index (κ2) is 5.97. The first-order valence-corrected chi connectivity index (χ1v) is 9.12. The SMILES string of the molecule is Cn1cc(B2OC(C)(C)C(C)(C)O2)c2cc(C(=O)NC(C)(C)C)[nH]c2c1=O. The zero-order valence-electron chi connectivity index (χ0n) is 17.3. The van der Waals surface area contributed by atoms with E-state index in [1.807, 2.05) is 48.5 Å². The van der Waals surface area contributed by atoms with Crippen LogP contribution in [-0.2, 0) is 16.4 Å². The molecule has 1 saturated heterocycles. The van der Waals surface area contributed by atoms with Gasteiger partial charge < -0.3 is 24.2 Å². The fourth-order valence-electron chi connectivity index (χ4n) is 3.05. The first kappa shape index (κ1) is 19.7. The molecule has 0 unspecified atom stereocenters. The summed E-state index contributed by atoms with van der Waals surface area (Å²) in [4.78, 5) is 28.1. The van der Waals surface area contributed by atoms with Crippen LogP contribution >= 0.6 is 0 Å². The second-order valence-electron chi connectivity index (χ2n) is 9.26. The number of H-pyrrole nitrogens is 1. The van der Waals surface area contributed by atoms with Crippen LogP contribution in [0.4, 0.5) is 0 Å². The molecule has 1 aliphatic rings. The fourth-order valence-corrected chi connectivity index (χ4v) is 3.05. The van der Waals surface area contributed by atoms with Crippen molar-refractivity contribution in [3.05, 3.63) is 28.3 Å². The molecule has 3 heterocycles. The van der Waals surface area contributed by atoms with Crippen molar-refractivity contribution < 1.29 is 14.1 Å². The van der Waals surface area contributed by atoms with Gasteiger partial charge in [-0.15, -0.1) is 0 Å². The predicted molar refractivity (Wildman–Crippen MR) is 106 cm³/mol. The Balaban J connectivity index is 2.11. The molecular formula is C19H28BN3O4. The summed E-state index contributed by atoms with van der Waals surface area (Å²) in [6.45, 7) is 13.6. The van der Waals surface area contributed by atoms with Crippen LogP contribution in [0.3, 0.4) is 0 Å². The number of aryl methyl sites for hydroxylation is 1. The lowest BCUT2D eigenvalue weighted by molar-refractivity contribution is 0.00578. The van der Waals surface area contributed by atoms with Crippen molar-refractivity contribution in [1.82, 2.24) is 14.9 Å². The van der Waals surface area contributed by atoms with Crippen molar-refractivity contribution in [2.45, 2.75) is 65.2 Å². The highest BCUT2D eigenvalue weighted by molar-refractivity contribution is 6.65. The topological polar surface area (TPSA) is 85.3 Å². The number of carbonyl (C=O) groups is 1. The molecule has 1 amide bonds. The predicted octanol–water partition coefficient (Wildman–Crippen LogP) is 1.69. The number of rotatable bonds is 2. The normalized spacial score (nSPS) is 18.9. The Bertz CT molecular complexity index is 950. The quantitative estimate of drug-likeness (QED) is 0.785. The Hall–Kier alpha value is -2.06. The molecule has 2 aromatic rings. The highest BCUT2D eigenvalue weighted by atomic mass is 16.7. The number of fused-ring (bicyclic) bond motifs is 1. The Labute approximate surface area is 159 Å². The molecule has 27 heavy (non-hydrogen) atoms. The summed E-state index contributed by atoms with van der Waals surface area (Å²) in [6, 6.07) is 1.69. The molecule has 3 rings (SSSR count). The van der Waals surface area contributed by atoms with Crippen LogP contribution in [0.15, 0.2) is 17.1 Å². The first-order valence-electron chi connectivity index (χ1n) is 9.12. The molecule has 1 aliphatic heterocycles. The van der Waals surface area contributed by atoms with E-state index in [0.29, 0.717) is 16.6 Å². The van der Waals surface area contributed by atoms with Crippen LogP contribution in [0.25, 0.3) is 10.9 Å². The number of amides is 1. The molecule has 8 heteroatoms. The Kier molecular flexibility index (Phi) is 4.36. The highest BCUT2D eigenvalue weighted by Gasteiger charge is 2.52. The Morgan fingerprint density at radius 3 is 2.26 bits per heavy atom. The third kappa shape index (κ3) is 3.43. The maximum atomic E-state index is 12.6. The first-order chi connectivity index (χ1) is 12.2. The van der Waals surface area contributed by atoms with Gasteiger partial charge in [-0.2, -0.15) is 0 Å². The summed E-state index contributed by atoms with van der Waals surface area (Å²) in [5.74, 6) is -0.263. The summed E-state index contributed by atoms with van der Waals surface area (Å²) in [7, 11) is 1.05. The molecule has 0 aromatic carbocycles. The maximum absolute atomic E-state index is 12.6. The van der Waals surface area contributed by atoms with E-state index in [-0.39, 0.29) is 17.0 Å². The van der Waals surface area contributed by atoms with Crippen molar-refractivity contribution in [3.8, 4) is 0 Å². The lowest BCUT2D eigenvalue weighted by Crippen LogP contribution is -2.41. The minimum atomic E-state index is -0.626. The number of aromatic nitrogens is 2. The molecule has 146 valence electrons. The largest absolute Gasteiger partial charge is 0.497 e. The number of carbonyl (C=O) groups excluding carboxylic acids is 1. The summed E-state index contributed by atoms with van der Waals surface area (Å²) < 4.78 is 13.8. The van der Waals surface area contributed by atoms with Gasteiger partial charge in [0.05, 0.1) is 11.2 Å². The van der Waals surface area contributed by atoms with Crippen LogP contribution in [0.5, 0.6) is 0 Å². The third-order valence-corrected chi connectivity index (χ3v) is 5.24. The minimum Gasteiger partial charge on any atom is -0.399 e. The van der Waals surface area contributed by atoms with Gasteiger partial charge in [0, 0.05) is 29.6 Å². The number of nitrogens with one attached hydrogen (secondary N) is 2. The van der Waals surface area contributed by atoms with E-state index in [1.165, 1.54) is 4.57 Å². The summed E-state index contributed by atoms with van der Waals surface area (Å²) in [6.07, 6.45) is 1.71. The van der Waals surface area contributed by atoms with Crippen LogP contribution in [0.1, 0.15) is 59.0 Å². The van der Waals surface area contributed by atoms with E-state index in [4.69, 9.17) is 9.31 Å². The van der Waals surface area contributed by atoms with Crippen LogP contribution < -0.4 is 16.3 Å². The average Bonchev–Trinajstić information content (AvgIpc) is 3.01. The van der Waals surface area contributed by atoms with Crippen LogP contribution in [0.2, 0.25) is 0 Å². The van der Waals surface area contributed by atoms with E-state index >= 15 is 0 Å². The smallest absolute Gasteiger partial charge is 0.399 e. The van der Waals surface area contributed by atoms with Crippen LogP contribution in [0, 0.1) is 0 Å². The monoisotopic (exact) mass is 373 g/mol. The molecule has 1 fully saturated rings. The van der Waals surface area contributed by atoms with Crippen molar-refractivity contribution >= 4 is 29.4 Å². The van der Waals surface area contributed by atoms with Gasteiger partial charge in [0.25, 0.3) is 11.5 Å². The highest BCUT2D eigenvalue weighted by Crippen LogP contribution is 2.36. The zero-order chi connectivity index (χ0) is 20.4. The molecule has 2 aromatic heterocycles. The molecule has 0 aliphatic carbocycles. The van der Waals surface area contributed by atoms with Gasteiger partial charge in [0.1, 0.15) is 11.2 Å². The second-order valence-corrected chi connectivity index (χ2v) is 9.26. The van der Waals surface area contributed by atoms with Gasteiger partial charge in [0.15, 0.2) is 0 Å². The summed E-state index contributed by atoms with van der Waals surface area (Å²) in [5, 5.41) is 3.54. The molecule has 0 atom stereocenters. The minimum absolute atomic E-state index is 0.208. The van der Waals surface area contributed by atoms with Gasteiger partial charge in [-0.1, -0.05) is 0 Å². The summed E-state index contributed by atoms with van der Waals surface area (Å²) in [5.41, 5.74) is -0.168. The van der Waals surface area contributed by atoms with E-state index < -0.39 is 18.3 Å². The molecule has 2 N–H and O–H groups in total. The Morgan fingerprint density at radius 1 is 1.19 bits per heavy atom. The molecule has 7 nitrogen and oxygen atoms in total. The number of hydrogen-bond donors (Lipinski definition) is 2. The van der Waals surface area contributed by atoms with Gasteiger partial charge in [0.2, 0.25) is 0 Å². The lowest BCUT2D eigenvalue weighted by atomic mass is 9.78. The molecule has 0 radical (unpaired) electrons. The van der Waals surface area contributed by atoms with E-state index in [9.17, 15) is 9.59 Å². The number of pyridine rings is 1. The molecular weight excluding hydrogens is 345 g/mol. The van der Waals surface area contributed by atoms with Gasteiger partial charge >= 0.3 is 7.12 Å². The van der Waals surface area contributed by atoms with E-state index in [1.54, 1.807) is 19.3 Å². The fraction of sp³-hybridized carbons (Fsp3) is 0.579. The van der Waals surface area contributed by atoms with Gasteiger partial charge in [-0.3, -0.25) is 9.59 Å². The number of aromatic amines is 1. The van der Waals surface area contributed by atoms with Crippen molar-refractivity contribution in [1.29, 1.82) is 0 Å². The van der Waals surface area contributed by atoms with E-state index in [2.05, 4.69) is 10.3 Å². The number of hydrogen-bond acceptors (Lipinski definition) is 4. The molecule has 0 bridgehead atoms. The Morgan fingerprint density at radius 2 is 1.74 bits per heavy atom. The van der Waals surface area contributed by atoms with Gasteiger partial charge in [-0.25, -0.2) is 0 Å². The molecule has 0 saturated carbocycles. The van der Waals surface area contributed by atoms with Crippen molar-refractivity contribution in [2.75, 3.05) is 0 Å². The van der Waals surface area contributed by atoms with Crippen molar-refractivity contribution in [2.24, 2.45) is 7.05 Å². The average molecular weight is 373 g/mol. The molecule has 0 spiro atoms. The summed E-state index contributed by atoms with van der Waals surface area (Å²) >= 11 is 0. The number of nitrogens with zero attached hydrogens (tertiary/aromatic N) is 1. The standard InChI is InChI=1S/C19H28BN3O4/c1-17(2,3)22-15(24)13-9-11-12(10-23(8)16(25)14(11)21-13)20-26-18(4,5)19(6,7)27-20/h9-10,21H,1-8H3,(H,22,24). The maximum Gasteiger partial charge on any atom is 0.497 e. The van der Waals surface area contributed by atoms with Gasteiger partial charge in [-0.05, 0) is 54.5 Å². The third-order valence-electron chi connectivity index (χ3n) is 5.24.